The lowest BCUT2D eigenvalue weighted by Crippen LogP contribution is -2.28. The van der Waals surface area contributed by atoms with Crippen LogP contribution in [0, 0.1) is 13.8 Å². The van der Waals surface area contributed by atoms with E-state index in [-0.39, 0.29) is 18.4 Å². The minimum Gasteiger partial charge on any atom is -0.490 e. The van der Waals surface area contributed by atoms with Gasteiger partial charge >= 0.3 is 0 Å². The normalized spacial score (nSPS) is 14.2. The number of rotatable bonds is 9. The standard InChI is InChI=1S/C30H30N2O4S2/c1-5-22-9-7-8-10-23(22)31-28(33)18-36-25-14-12-21(16-26(25)35-6-2)17-27-29(34)32(30(37)38-27)24-13-11-19(3)15-20(24)4/h7-17H,5-6,18H2,1-4H3,(H,31,33)/b27-17-. The molecule has 0 aromatic heterocycles. The molecule has 0 saturated carbocycles. The number of carbonyl (C=O) groups is 2. The smallest absolute Gasteiger partial charge is 0.270 e. The van der Waals surface area contributed by atoms with Crippen LogP contribution in [0.4, 0.5) is 11.4 Å². The molecule has 8 heteroatoms. The van der Waals surface area contributed by atoms with Gasteiger partial charge in [0.15, 0.2) is 22.4 Å². The highest BCUT2D eigenvalue weighted by atomic mass is 32.2. The molecule has 0 radical (unpaired) electrons. The van der Waals surface area contributed by atoms with Crippen molar-refractivity contribution >= 4 is 57.6 Å². The van der Waals surface area contributed by atoms with Gasteiger partial charge in [-0.25, -0.2) is 0 Å². The van der Waals surface area contributed by atoms with E-state index in [1.54, 1.807) is 23.1 Å². The van der Waals surface area contributed by atoms with E-state index >= 15 is 0 Å². The summed E-state index contributed by atoms with van der Waals surface area (Å²) < 4.78 is 12.1. The minimum atomic E-state index is -0.257. The number of aryl methyl sites for hydroxylation is 3. The number of hydrogen-bond acceptors (Lipinski definition) is 6. The van der Waals surface area contributed by atoms with E-state index < -0.39 is 0 Å². The maximum Gasteiger partial charge on any atom is 0.270 e. The molecule has 196 valence electrons. The zero-order valence-corrected chi connectivity index (χ0v) is 23.5. The molecule has 6 nitrogen and oxygen atoms in total. The van der Waals surface area contributed by atoms with Crippen molar-refractivity contribution in [1.29, 1.82) is 0 Å². The van der Waals surface area contributed by atoms with E-state index in [1.165, 1.54) is 11.8 Å². The minimum absolute atomic E-state index is 0.158. The van der Waals surface area contributed by atoms with Gasteiger partial charge in [-0.15, -0.1) is 0 Å². The number of amides is 2. The van der Waals surface area contributed by atoms with Crippen molar-refractivity contribution in [3.63, 3.8) is 0 Å². The summed E-state index contributed by atoms with van der Waals surface area (Å²) in [6, 6.07) is 19.0. The Kier molecular flexibility index (Phi) is 8.86. The summed E-state index contributed by atoms with van der Waals surface area (Å²) in [6.45, 7) is 8.16. The quantitative estimate of drug-likeness (QED) is 0.238. The van der Waals surface area contributed by atoms with Gasteiger partial charge in [-0.1, -0.05) is 72.9 Å². The first-order chi connectivity index (χ1) is 18.3. The predicted molar refractivity (Wildman–Crippen MR) is 159 cm³/mol. The molecule has 1 fully saturated rings. The van der Waals surface area contributed by atoms with Gasteiger partial charge in [0, 0.05) is 5.69 Å². The van der Waals surface area contributed by atoms with E-state index in [0.29, 0.717) is 27.3 Å². The largest absolute Gasteiger partial charge is 0.490 e. The van der Waals surface area contributed by atoms with Crippen LogP contribution in [-0.4, -0.2) is 29.3 Å². The number of benzene rings is 3. The fourth-order valence-corrected chi connectivity index (χ4v) is 5.45. The number of para-hydroxylation sites is 1. The lowest BCUT2D eigenvalue weighted by Gasteiger charge is -2.17. The van der Waals surface area contributed by atoms with Gasteiger partial charge < -0.3 is 14.8 Å². The number of thiocarbonyl (C=S) groups is 1. The van der Waals surface area contributed by atoms with Crippen molar-refractivity contribution in [3.05, 3.63) is 87.8 Å². The highest BCUT2D eigenvalue weighted by Crippen LogP contribution is 2.38. The van der Waals surface area contributed by atoms with Crippen LogP contribution in [0.5, 0.6) is 11.5 Å². The summed E-state index contributed by atoms with van der Waals surface area (Å²) in [6.07, 6.45) is 2.61. The van der Waals surface area contributed by atoms with Crippen LogP contribution in [0.3, 0.4) is 0 Å². The molecule has 0 bridgehead atoms. The zero-order valence-electron chi connectivity index (χ0n) is 21.9. The van der Waals surface area contributed by atoms with Gasteiger partial charge in [0.25, 0.3) is 11.8 Å². The average Bonchev–Trinajstić information content (AvgIpc) is 3.16. The molecule has 2 amide bonds. The first-order valence-corrected chi connectivity index (χ1v) is 13.7. The van der Waals surface area contributed by atoms with E-state index in [4.69, 9.17) is 21.7 Å². The molecule has 38 heavy (non-hydrogen) atoms. The van der Waals surface area contributed by atoms with Crippen LogP contribution in [-0.2, 0) is 16.0 Å². The fraction of sp³-hybridized carbons (Fsp3) is 0.233. The molecular formula is C30H30N2O4S2. The Labute approximate surface area is 233 Å². The highest BCUT2D eigenvalue weighted by molar-refractivity contribution is 8.27. The van der Waals surface area contributed by atoms with Gasteiger partial charge in [0.05, 0.1) is 17.2 Å². The molecule has 1 aliphatic heterocycles. The van der Waals surface area contributed by atoms with Crippen molar-refractivity contribution in [2.75, 3.05) is 23.4 Å². The van der Waals surface area contributed by atoms with Gasteiger partial charge in [-0.3, -0.25) is 14.5 Å². The summed E-state index contributed by atoms with van der Waals surface area (Å²) in [5.41, 5.74) is 5.51. The molecule has 0 atom stereocenters. The van der Waals surface area contributed by atoms with Gasteiger partial charge in [0.2, 0.25) is 0 Å². The summed E-state index contributed by atoms with van der Waals surface area (Å²) in [4.78, 5) is 27.9. The van der Waals surface area contributed by atoms with Gasteiger partial charge in [0.1, 0.15) is 0 Å². The van der Waals surface area contributed by atoms with E-state index in [9.17, 15) is 9.59 Å². The van der Waals surface area contributed by atoms with Crippen LogP contribution in [0.2, 0.25) is 0 Å². The van der Waals surface area contributed by atoms with E-state index in [1.807, 2.05) is 76.2 Å². The summed E-state index contributed by atoms with van der Waals surface area (Å²) in [5.74, 6) is 0.528. The van der Waals surface area contributed by atoms with Crippen molar-refractivity contribution in [2.24, 2.45) is 0 Å². The molecular weight excluding hydrogens is 516 g/mol. The van der Waals surface area contributed by atoms with E-state index in [0.717, 1.165) is 40.0 Å². The van der Waals surface area contributed by atoms with Crippen molar-refractivity contribution in [2.45, 2.75) is 34.1 Å². The molecule has 0 unspecified atom stereocenters. The average molecular weight is 547 g/mol. The number of nitrogens with zero attached hydrogens (tertiary/aromatic N) is 1. The Bertz CT molecular complexity index is 1420. The molecule has 3 aromatic rings. The SMILES string of the molecule is CCOc1cc(/C=C2\SC(=S)N(c3ccc(C)cc3C)C2=O)ccc1OCC(=O)Nc1ccccc1CC. The molecule has 1 N–H and O–H groups in total. The molecule has 3 aromatic carbocycles. The van der Waals surface area contributed by atoms with Crippen LogP contribution in [0.15, 0.2) is 65.6 Å². The zero-order chi connectivity index (χ0) is 27.2. The number of hydrogen-bond donors (Lipinski definition) is 1. The third kappa shape index (κ3) is 6.26. The van der Waals surface area contributed by atoms with Crippen LogP contribution < -0.4 is 19.7 Å². The Balaban J connectivity index is 1.49. The Morgan fingerprint density at radius 2 is 1.82 bits per heavy atom. The second-order valence-electron chi connectivity index (χ2n) is 8.79. The van der Waals surface area contributed by atoms with Crippen LogP contribution in [0.25, 0.3) is 6.08 Å². The van der Waals surface area contributed by atoms with Crippen molar-refractivity contribution in [3.8, 4) is 11.5 Å². The first-order valence-electron chi connectivity index (χ1n) is 12.4. The molecule has 0 aliphatic carbocycles. The van der Waals surface area contributed by atoms with Crippen LogP contribution in [0.1, 0.15) is 36.1 Å². The monoisotopic (exact) mass is 546 g/mol. The third-order valence-corrected chi connectivity index (χ3v) is 7.29. The number of ether oxygens (including phenoxy) is 2. The summed E-state index contributed by atoms with van der Waals surface area (Å²) in [5, 5.41) is 2.91. The molecule has 0 spiro atoms. The number of nitrogens with one attached hydrogen (secondary N) is 1. The molecule has 4 rings (SSSR count). The summed E-state index contributed by atoms with van der Waals surface area (Å²) >= 11 is 6.81. The molecule has 1 saturated heterocycles. The topological polar surface area (TPSA) is 67.9 Å². The molecule has 1 aliphatic rings. The van der Waals surface area contributed by atoms with E-state index in [2.05, 4.69) is 5.32 Å². The lowest BCUT2D eigenvalue weighted by molar-refractivity contribution is -0.118. The van der Waals surface area contributed by atoms with Gasteiger partial charge in [-0.05, 0) is 74.2 Å². The number of carbonyl (C=O) groups excluding carboxylic acids is 2. The lowest BCUT2D eigenvalue weighted by atomic mass is 10.1. The fourth-order valence-electron chi connectivity index (χ4n) is 4.17. The highest BCUT2D eigenvalue weighted by Gasteiger charge is 2.34. The Morgan fingerprint density at radius 3 is 2.55 bits per heavy atom. The summed E-state index contributed by atoms with van der Waals surface area (Å²) in [7, 11) is 0. The van der Waals surface area contributed by atoms with Crippen molar-refractivity contribution in [1.82, 2.24) is 0 Å². The predicted octanol–water partition coefficient (Wildman–Crippen LogP) is 6.69. The maximum absolute atomic E-state index is 13.3. The molecule has 1 heterocycles. The first kappa shape index (κ1) is 27.4. The second kappa shape index (κ2) is 12.3. The van der Waals surface area contributed by atoms with Crippen LogP contribution >= 0.6 is 24.0 Å². The van der Waals surface area contributed by atoms with Gasteiger partial charge in [-0.2, -0.15) is 0 Å². The second-order valence-corrected chi connectivity index (χ2v) is 10.5. The maximum atomic E-state index is 13.3. The Hall–Kier alpha value is -3.62. The number of thioether (sulfide) groups is 1. The number of anilines is 2. The third-order valence-electron chi connectivity index (χ3n) is 5.98. The van der Waals surface area contributed by atoms with Crippen molar-refractivity contribution < 1.29 is 19.1 Å². The Morgan fingerprint density at radius 1 is 1.03 bits per heavy atom.